The van der Waals surface area contributed by atoms with Crippen molar-refractivity contribution < 1.29 is 13.9 Å². The first-order valence-corrected chi connectivity index (χ1v) is 9.95. The maximum atomic E-state index is 13.8. The van der Waals surface area contributed by atoms with Gasteiger partial charge >= 0.3 is 0 Å². The molecule has 31 heavy (non-hydrogen) atoms. The largest absolute Gasteiger partial charge is 0.497 e. The van der Waals surface area contributed by atoms with Gasteiger partial charge in [0.2, 0.25) is 0 Å². The van der Waals surface area contributed by atoms with E-state index in [-0.39, 0.29) is 5.82 Å². The molecule has 0 aliphatic heterocycles. The van der Waals surface area contributed by atoms with Gasteiger partial charge in [0.1, 0.15) is 23.9 Å². The van der Waals surface area contributed by atoms with E-state index in [1.165, 1.54) is 12.1 Å². The number of aromatic nitrogens is 3. The van der Waals surface area contributed by atoms with Crippen LogP contribution in [-0.2, 0) is 6.54 Å². The van der Waals surface area contributed by atoms with Crippen LogP contribution in [0.1, 0.15) is 5.56 Å². The number of halogens is 1. The van der Waals surface area contributed by atoms with Crippen LogP contribution in [0.3, 0.4) is 0 Å². The van der Waals surface area contributed by atoms with Gasteiger partial charge in [-0.3, -0.25) is 4.98 Å². The van der Waals surface area contributed by atoms with Crippen molar-refractivity contribution in [3.05, 3.63) is 90.6 Å². The maximum absolute atomic E-state index is 13.8. The summed E-state index contributed by atoms with van der Waals surface area (Å²) in [6.07, 6.45) is 5.34. The summed E-state index contributed by atoms with van der Waals surface area (Å²) < 4.78 is 26.5. The molecule has 0 radical (unpaired) electrons. The average molecular weight is 418 g/mol. The second-order valence-corrected chi connectivity index (χ2v) is 6.87. The third kappa shape index (κ3) is 5.26. The normalized spacial score (nSPS) is 10.8. The Hall–Kier alpha value is -3.71. The van der Waals surface area contributed by atoms with Crippen LogP contribution < -0.4 is 14.8 Å². The minimum Gasteiger partial charge on any atom is -0.497 e. The van der Waals surface area contributed by atoms with Crippen LogP contribution in [0.4, 0.5) is 4.39 Å². The van der Waals surface area contributed by atoms with Gasteiger partial charge in [-0.2, -0.15) is 5.10 Å². The number of pyridine rings is 1. The number of nitrogens with one attached hydrogen (secondary N) is 1. The number of ether oxygens (including phenoxy) is 2. The Morgan fingerprint density at radius 2 is 1.90 bits per heavy atom. The fourth-order valence-electron chi connectivity index (χ4n) is 3.18. The Morgan fingerprint density at radius 1 is 1.03 bits per heavy atom. The molecule has 0 aliphatic carbocycles. The van der Waals surface area contributed by atoms with E-state index in [1.807, 2.05) is 48.7 Å². The van der Waals surface area contributed by atoms with Crippen molar-refractivity contribution in [2.75, 3.05) is 20.3 Å². The van der Waals surface area contributed by atoms with E-state index in [0.29, 0.717) is 19.7 Å². The van der Waals surface area contributed by atoms with Crippen LogP contribution in [0.2, 0.25) is 0 Å². The summed E-state index contributed by atoms with van der Waals surface area (Å²) in [5.41, 5.74) is 3.32. The summed E-state index contributed by atoms with van der Waals surface area (Å²) in [4.78, 5) is 4.03. The fourth-order valence-corrected chi connectivity index (χ4v) is 3.18. The van der Waals surface area contributed by atoms with E-state index >= 15 is 0 Å². The summed E-state index contributed by atoms with van der Waals surface area (Å²) in [5, 5.41) is 8.09. The average Bonchev–Trinajstić information content (AvgIpc) is 3.24. The number of hydrogen-bond acceptors (Lipinski definition) is 5. The Balaban J connectivity index is 1.49. The van der Waals surface area contributed by atoms with Crippen LogP contribution >= 0.6 is 0 Å². The van der Waals surface area contributed by atoms with E-state index in [4.69, 9.17) is 14.6 Å². The first-order chi connectivity index (χ1) is 15.2. The monoisotopic (exact) mass is 418 g/mol. The summed E-state index contributed by atoms with van der Waals surface area (Å²) in [7, 11) is 1.63. The first kappa shape index (κ1) is 20.6. The third-order valence-electron chi connectivity index (χ3n) is 4.72. The molecule has 0 amide bonds. The molecule has 2 heterocycles. The molecular formula is C24H23FN4O2. The lowest BCUT2D eigenvalue weighted by Gasteiger charge is -2.07. The topological polar surface area (TPSA) is 61.2 Å². The molecule has 0 aliphatic rings. The number of rotatable bonds is 9. The second kappa shape index (κ2) is 9.86. The summed E-state index contributed by atoms with van der Waals surface area (Å²) >= 11 is 0. The van der Waals surface area contributed by atoms with Crippen LogP contribution in [0.5, 0.6) is 11.5 Å². The van der Waals surface area contributed by atoms with Crippen molar-refractivity contribution in [3.63, 3.8) is 0 Å². The standard InChI is InChI=1S/C24H23FN4O2/c1-30-22-9-7-21(8-10-22)29-17-19(24(28-29)18-4-2-5-20(25)14-18)15-27-12-13-31-23-6-3-11-26-16-23/h2-11,14,16-17,27H,12-13,15H2,1H3. The second-order valence-electron chi connectivity index (χ2n) is 6.87. The van der Waals surface area contributed by atoms with Gasteiger partial charge in [-0.15, -0.1) is 0 Å². The Labute approximate surface area is 180 Å². The van der Waals surface area contributed by atoms with Crippen molar-refractivity contribution >= 4 is 0 Å². The van der Waals surface area contributed by atoms with E-state index in [0.717, 1.165) is 34.0 Å². The smallest absolute Gasteiger partial charge is 0.137 e. The molecule has 4 rings (SSSR count). The molecule has 0 bridgehead atoms. The predicted octanol–water partition coefficient (Wildman–Crippen LogP) is 4.25. The van der Waals surface area contributed by atoms with Gasteiger partial charge in [-0.05, 0) is 48.5 Å². The molecule has 0 saturated carbocycles. The molecule has 2 aromatic heterocycles. The summed E-state index contributed by atoms with van der Waals surface area (Å²) in [6.45, 7) is 1.72. The minimum absolute atomic E-state index is 0.291. The molecule has 0 unspecified atom stereocenters. The van der Waals surface area contributed by atoms with Crippen molar-refractivity contribution in [1.82, 2.24) is 20.1 Å². The first-order valence-electron chi connectivity index (χ1n) is 9.95. The molecule has 7 heteroatoms. The predicted molar refractivity (Wildman–Crippen MR) is 117 cm³/mol. The lowest BCUT2D eigenvalue weighted by Crippen LogP contribution is -2.20. The molecule has 4 aromatic rings. The van der Waals surface area contributed by atoms with Gasteiger partial charge in [-0.1, -0.05) is 12.1 Å². The van der Waals surface area contributed by atoms with Crippen molar-refractivity contribution in [1.29, 1.82) is 0 Å². The van der Waals surface area contributed by atoms with Crippen LogP contribution in [0.15, 0.2) is 79.3 Å². The quantitative estimate of drug-likeness (QED) is 0.412. The Morgan fingerprint density at radius 3 is 2.65 bits per heavy atom. The minimum atomic E-state index is -0.291. The van der Waals surface area contributed by atoms with Gasteiger partial charge in [-0.25, -0.2) is 9.07 Å². The zero-order valence-corrected chi connectivity index (χ0v) is 17.2. The molecular weight excluding hydrogens is 395 g/mol. The van der Waals surface area contributed by atoms with Crippen LogP contribution in [-0.4, -0.2) is 35.0 Å². The van der Waals surface area contributed by atoms with E-state index in [1.54, 1.807) is 30.3 Å². The highest BCUT2D eigenvalue weighted by Gasteiger charge is 2.13. The molecule has 1 N–H and O–H groups in total. The molecule has 158 valence electrons. The maximum Gasteiger partial charge on any atom is 0.137 e. The van der Waals surface area contributed by atoms with Crippen molar-refractivity contribution in [2.24, 2.45) is 0 Å². The summed E-state index contributed by atoms with van der Waals surface area (Å²) in [6, 6.07) is 17.8. The highest BCUT2D eigenvalue weighted by Crippen LogP contribution is 2.25. The molecule has 0 atom stereocenters. The molecule has 0 fully saturated rings. The number of methoxy groups -OCH3 is 1. The van der Waals surface area contributed by atoms with Gasteiger partial charge < -0.3 is 14.8 Å². The molecule has 0 saturated heterocycles. The summed E-state index contributed by atoms with van der Waals surface area (Å²) in [5.74, 6) is 1.22. The van der Waals surface area contributed by atoms with Gasteiger partial charge in [0, 0.05) is 36.6 Å². The molecule has 0 spiro atoms. The van der Waals surface area contributed by atoms with Gasteiger partial charge in [0.15, 0.2) is 0 Å². The fraction of sp³-hybridized carbons (Fsp3) is 0.167. The SMILES string of the molecule is COc1ccc(-n2cc(CNCCOc3cccnc3)c(-c3cccc(F)c3)n2)cc1. The van der Waals surface area contributed by atoms with Crippen LogP contribution in [0.25, 0.3) is 16.9 Å². The lowest BCUT2D eigenvalue weighted by molar-refractivity contribution is 0.312. The van der Waals surface area contributed by atoms with E-state index in [2.05, 4.69) is 10.3 Å². The van der Waals surface area contributed by atoms with Crippen molar-refractivity contribution in [2.45, 2.75) is 6.54 Å². The Bertz CT molecular complexity index is 1110. The number of hydrogen-bond donors (Lipinski definition) is 1. The highest BCUT2D eigenvalue weighted by molar-refractivity contribution is 5.63. The van der Waals surface area contributed by atoms with E-state index in [9.17, 15) is 4.39 Å². The third-order valence-corrected chi connectivity index (χ3v) is 4.72. The van der Waals surface area contributed by atoms with E-state index < -0.39 is 0 Å². The highest BCUT2D eigenvalue weighted by atomic mass is 19.1. The lowest BCUT2D eigenvalue weighted by atomic mass is 10.1. The zero-order chi connectivity index (χ0) is 21.5. The van der Waals surface area contributed by atoms with Gasteiger partial charge in [0.05, 0.1) is 24.7 Å². The number of benzene rings is 2. The van der Waals surface area contributed by atoms with Crippen LogP contribution in [0, 0.1) is 5.82 Å². The van der Waals surface area contributed by atoms with Gasteiger partial charge in [0.25, 0.3) is 0 Å². The Kier molecular flexibility index (Phi) is 6.54. The molecule has 6 nitrogen and oxygen atoms in total. The molecule has 2 aromatic carbocycles. The zero-order valence-electron chi connectivity index (χ0n) is 17.2. The number of nitrogens with zero attached hydrogens (tertiary/aromatic N) is 3. The van der Waals surface area contributed by atoms with Crippen molar-refractivity contribution in [3.8, 4) is 28.4 Å².